The Hall–Kier alpha value is -3.14. The minimum atomic E-state index is -0.479. The summed E-state index contributed by atoms with van der Waals surface area (Å²) in [6, 6.07) is 8.94. The molecule has 0 bridgehead atoms. The number of hydrogen-bond donors (Lipinski definition) is 0. The van der Waals surface area contributed by atoms with Crippen molar-refractivity contribution in [2.24, 2.45) is 0 Å². The smallest absolute Gasteiger partial charge is 0.339 e. The van der Waals surface area contributed by atoms with Crippen molar-refractivity contribution >= 4 is 22.7 Å². The molecule has 0 fully saturated rings. The lowest BCUT2D eigenvalue weighted by Crippen LogP contribution is -2.32. The Kier molecular flexibility index (Phi) is 9.25. The van der Waals surface area contributed by atoms with Crippen LogP contribution in [0.3, 0.4) is 0 Å². The standard InChI is InChI=1S/C38H50O4/c1-11-13-17-25-23-19-15-16-20-24(23)26(18-14-12-2)28-22-30-29(21-27(25)28)33(37(3,4)5)31(35(39)41-9)32(36(40)42-10)34(30)38(6,7)8/h15-16,19-20H,11-14,17-18,21-22H2,1-10H3. The van der Waals surface area contributed by atoms with E-state index in [2.05, 4.69) is 79.7 Å². The monoisotopic (exact) mass is 570 g/mol. The van der Waals surface area contributed by atoms with E-state index in [1.165, 1.54) is 58.4 Å². The van der Waals surface area contributed by atoms with Gasteiger partial charge in [0.2, 0.25) is 0 Å². The molecule has 0 amide bonds. The lowest BCUT2D eigenvalue weighted by atomic mass is 9.65. The highest BCUT2D eigenvalue weighted by molar-refractivity contribution is 6.07. The number of rotatable bonds is 8. The van der Waals surface area contributed by atoms with Crippen LogP contribution in [0.1, 0.15) is 146 Å². The molecule has 0 heterocycles. The van der Waals surface area contributed by atoms with Crippen LogP contribution in [-0.2, 0) is 46.0 Å². The molecule has 0 aliphatic heterocycles. The van der Waals surface area contributed by atoms with Crippen LogP contribution in [-0.4, -0.2) is 26.2 Å². The SMILES string of the molecule is CCCCc1c2c(c(CCCC)c3ccccc13)Cc1c(c(C(C)(C)C)c(C(=O)OC)c(C(=O)OC)c1C(C)(C)C)C2. The second kappa shape index (κ2) is 12.2. The van der Waals surface area contributed by atoms with Crippen LogP contribution < -0.4 is 0 Å². The summed E-state index contributed by atoms with van der Waals surface area (Å²) in [7, 11) is 2.80. The summed E-state index contributed by atoms with van der Waals surface area (Å²) >= 11 is 0. The summed E-state index contributed by atoms with van der Waals surface area (Å²) in [6.07, 6.45) is 8.08. The fourth-order valence-electron chi connectivity index (χ4n) is 7.27. The third-order valence-electron chi connectivity index (χ3n) is 8.93. The Balaban J connectivity index is 2.23. The fourth-order valence-corrected chi connectivity index (χ4v) is 7.27. The Morgan fingerprint density at radius 1 is 0.643 bits per heavy atom. The minimum Gasteiger partial charge on any atom is -0.465 e. The van der Waals surface area contributed by atoms with Crippen LogP contribution in [0.5, 0.6) is 0 Å². The number of esters is 2. The minimum absolute atomic E-state index is 0.367. The highest BCUT2D eigenvalue weighted by Crippen LogP contribution is 2.48. The van der Waals surface area contributed by atoms with E-state index < -0.39 is 22.8 Å². The quantitative estimate of drug-likeness (QED) is 0.198. The van der Waals surface area contributed by atoms with Gasteiger partial charge in [0.15, 0.2) is 0 Å². The summed E-state index contributed by atoms with van der Waals surface area (Å²) in [6.45, 7) is 17.3. The van der Waals surface area contributed by atoms with Crippen LogP contribution in [0.4, 0.5) is 0 Å². The number of carbonyl (C=O) groups is 2. The van der Waals surface area contributed by atoms with Crippen molar-refractivity contribution in [3.8, 4) is 0 Å². The Morgan fingerprint density at radius 2 is 1.00 bits per heavy atom. The predicted octanol–water partition coefficient (Wildman–Crippen LogP) is 9.19. The van der Waals surface area contributed by atoms with Crippen molar-refractivity contribution in [3.05, 3.63) is 79.9 Å². The Bertz CT molecular complexity index is 1400. The van der Waals surface area contributed by atoms with Crippen molar-refractivity contribution in [3.63, 3.8) is 0 Å². The van der Waals surface area contributed by atoms with Gasteiger partial charge in [-0.2, -0.15) is 0 Å². The number of hydrogen-bond acceptors (Lipinski definition) is 4. The average Bonchev–Trinajstić information content (AvgIpc) is 2.94. The first-order valence-electron chi connectivity index (χ1n) is 15.7. The first kappa shape index (κ1) is 31.8. The van der Waals surface area contributed by atoms with Gasteiger partial charge in [-0.05, 0) is 105 Å². The predicted molar refractivity (Wildman–Crippen MR) is 173 cm³/mol. The van der Waals surface area contributed by atoms with Gasteiger partial charge in [-0.3, -0.25) is 0 Å². The number of carbonyl (C=O) groups excluding carboxylic acids is 2. The van der Waals surface area contributed by atoms with Crippen molar-refractivity contribution in [2.45, 2.75) is 118 Å². The molecule has 4 rings (SSSR count). The van der Waals surface area contributed by atoms with E-state index in [1.54, 1.807) is 0 Å². The number of aryl methyl sites for hydroxylation is 2. The Labute approximate surface area is 253 Å². The molecule has 226 valence electrons. The van der Waals surface area contributed by atoms with Crippen LogP contribution in [0, 0.1) is 0 Å². The van der Waals surface area contributed by atoms with Gasteiger partial charge in [-0.1, -0.05) is 92.5 Å². The summed E-state index contributed by atoms with van der Waals surface area (Å²) in [5.74, 6) is -0.958. The zero-order chi connectivity index (χ0) is 31.0. The normalized spacial score (nSPS) is 13.1. The average molecular weight is 571 g/mol. The van der Waals surface area contributed by atoms with Crippen LogP contribution >= 0.6 is 0 Å². The molecule has 0 spiro atoms. The third-order valence-corrected chi connectivity index (χ3v) is 8.93. The second-order valence-corrected chi connectivity index (χ2v) is 14.0. The molecule has 3 aromatic rings. The zero-order valence-corrected chi connectivity index (χ0v) is 27.6. The summed E-state index contributed by atoms with van der Waals surface area (Å²) in [5.41, 5.74) is 9.85. The van der Waals surface area contributed by atoms with E-state index in [0.29, 0.717) is 11.1 Å². The molecule has 0 aromatic heterocycles. The van der Waals surface area contributed by atoms with Gasteiger partial charge >= 0.3 is 11.9 Å². The fraction of sp³-hybridized carbons (Fsp3) is 0.526. The van der Waals surface area contributed by atoms with Gasteiger partial charge < -0.3 is 9.47 Å². The van der Waals surface area contributed by atoms with Crippen molar-refractivity contribution in [1.82, 2.24) is 0 Å². The molecule has 0 saturated heterocycles. The first-order valence-corrected chi connectivity index (χ1v) is 15.7. The van der Waals surface area contributed by atoms with Crippen molar-refractivity contribution < 1.29 is 19.1 Å². The molecule has 1 aliphatic rings. The van der Waals surface area contributed by atoms with Crippen molar-refractivity contribution in [2.75, 3.05) is 14.2 Å². The molecular weight excluding hydrogens is 520 g/mol. The van der Waals surface area contributed by atoms with Crippen molar-refractivity contribution in [1.29, 1.82) is 0 Å². The molecule has 0 radical (unpaired) electrons. The van der Waals surface area contributed by atoms with Crippen LogP contribution in [0.25, 0.3) is 10.8 Å². The van der Waals surface area contributed by atoms with E-state index in [-0.39, 0.29) is 0 Å². The number of ether oxygens (including phenoxy) is 2. The molecule has 1 aliphatic carbocycles. The molecule has 0 atom stereocenters. The molecule has 0 unspecified atom stereocenters. The number of unbranched alkanes of at least 4 members (excludes halogenated alkanes) is 2. The molecule has 42 heavy (non-hydrogen) atoms. The lowest BCUT2D eigenvalue weighted by molar-refractivity contribution is 0.0550. The molecule has 3 aromatic carbocycles. The number of benzene rings is 3. The summed E-state index contributed by atoms with van der Waals surface area (Å²) in [5, 5.41) is 2.74. The van der Waals surface area contributed by atoms with Gasteiger partial charge in [-0.25, -0.2) is 9.59 Å². The molecular formula is C38H50O4. The molecule has 0 saturated carbocycles. The molecule has 4 heteroatoms. The van der Waals surface area contributed by atoms with E-state index in [1.807, 2.05) is 0 Å². The van der Waals surface area contributed by atoms with Crippen LogP contribution in [0.2, 0.25) is 0 Å². The zero-order valence-electron chi connectivity index (χ0n) is 27.6. The lowest BCUT2D eigenvalue weighted by Gasteiger charge is -2.38. The topological polar surface area (TPSA) is 52.6 Å². The first-order chi connectivity index (χ1) is 19.8. The maximum absolute atomic E-state index is 13.7. The molecule has 0 N–H and O–H groups in total. The number of methoxy groups -OCH3 is 2. The summed E-state index contributed by atoms with van der Waals surface area (Å²) < 4.78 is 10.8. The second-order valence-electron chi connectivity index (χ2n) is 14.0. The van der Waals surface area contributed by atoms with E-state index >= 15 is 0 Å². The maximum Gasteiger partial charge on any atom is 0.339 e. The van der Waals surface area contributed by atoms with E-state index in [9.17, 15) is 9.59 Å². The van der Waals surface area contributed by atoms with Gasteiger partial charge in [0.25, 0.3) is 0 Å². The Morgan fingerprint density at radius 3 is 1.29 bits per heavy atom. The van der Waals surface area contributed by atoms with Gasteiger partial charge in [0, 0.05) is 0 Å². The number of fused-ring (bicyclic) bond motifs is 3. The summed E-state index contributed by atoms with van der Waals surface area (Å²) in [4.78, 5) is 27.3. The van der Waals surface area contributed by atoms with E-state index in [4.69, 9.17) is 9.47 Å². The third kappa shape index (κ3) is 5.62. The highest BCUT2D eigenvalue weighted by atomic mass is 16.5. The maximum atomic E-state index is 13.7. The molecule has 4 nitrogen and oxygen atoms in total. The van der Waals surface area contributed by atoms with Gasteiger partial charge in [-0.15, -0.1) is 0 Å². The van der Waals surface area contributed by atoms with Gasteiger partial charge in [0.1, 0.15) is 0 Å². The highest BCUT2D eigenvalue weighted by Gasteiger charge is 2.41. The van der Waals surface area contributed by atoms with E-state index in [0.717, 1.165) is 62.5 Å². The van der Waals surface area contributed by atoms with Gasteiger partial charge in [0.05, 0.1) is 25.3 Å². The largest absolute Gasteiger partial charge is 0.465 e. The van der Waals surface area contributed by atoms with Crippen LogP contribution in [0.15, 0.2) is 24.3 Å².